The zero-order valence-electron chi connectivity index (χ0n) is 27.2. The summed E-state index contributed by atoms with van der Waals surface area (Å²) in [7, 11) is 0. The fourth-order valence-corrected chi connectivity index (χ4v) is 7.43. The summed E-state index contributed by atoms with van der Waals surface area (Å²) in [5.74, 6) is -1.00. The van der Waals surface area contributed by atoms with Gasteiger partial charge in [0.15, 0.2) is 0 Å². The van der Waals surface area contributed by atoms with Gasteiger partial charge in [0.1, 0.15) is 23.7 Å². The smallest absolute Gasteiger partial charge is 0.335 e. The molecule has 0 radical (unpaired) electrons. The van der Waals surface area contributed by atoms with Crippen molar-refractivity contribution in [1.29, 1.82) is 0 Å². The Balaban J connectivity index is 1.15. The second-order valence-corrected chi connectivity index (χ2v) is 12.9. The van der Waals surface area contributed by atoms with Crippen molar-refractivity contribution in [2.75, 3.05) is 22.9 Å². The molecular formula is C42H34FN3O4. The first-order chi connectivity index (χ1) is 24.4. The molecule has 2 atom stereocenters. The Hall–Kier alpha value is -6.02. The maximum Gasteiger partial charge on any atom is 0.335 e. The zero-order valence-corrected chi connectivity index (χ0v) is 27.2. The highest BCUT2D eigenvalue weighted by atomic mass is 19.1. The molecule has 7 nitrogen and oxygen atoms in total. The molecule has 8 rings (SSSR count). The number of imide groups is 2. The molecule has 0 bridgehead atoms. The Kier molecular flexibility index (Phi) is 8.20. The third-order valence-electron chi connectivity index (χ3n) is 9.87. The lowest BCUT2D eigenvalue weighted by Crippen LogP contribution is -2.54. The average molecular weight is 664 g/mol. The van der Waals surface area contributed by atoms with Crippen LogP contribution in [0.25, 0.3) is 6.08 Å². The van der Waals surface area contributed by atoms with E-state index in [1.54, 1.807) is 36.4 Å². The number of hydrogen-bond acceptors (Lipinski definition) is 5. The Bertz CT molecular complexity index is 2040. The monoisotopic (exact) mass is 663 g/mol. The van der Waals surface area contributed by atoms with Crippen molar-refractivity contribution in [3.63, 3.8) is 0 Å². The summed E-state index contributed by atoms with van der Waals surface area (Å²) in [4.78, 5) is 44.3. The van der Waals surface area contributed by atoms with Gasteiger partial charge in [-0.15, -0.1) is 0 Å². The summed E-state index contributed by atoms with van der Waals surface area (Å²) in [5.41, 5.74) is 7.41. The molecule has 3 aliphatic heterocycles. The highest BCUT2D eigenvalue weighted by Gasteiger charge is 2.40. The van der Waals surface area contributed by atoms with Crippen molar-refractivity contribution in [2.24, 2.45) is 0 Å². The lowest BCUT2D eigenvalue weighted by atomic mass is 9.76. The van der Waals surface area contributed by atoms with Gasteiger partial charge >= 0.3 is 6.03 Å². The second-order valence-electron chi connectivity index (χ2n) is 12.9. The molecule has 8 heteroatoms. The van der Waals surface area contributed by atoms with Gasteiger partial charge in [-0.2, -0.15) is 0 Å². The van der Waals surface area contributed by atoms with Gasteiger partial charge in [-0.3, -0.25) is 14.9 Å². The summed E-state index contributed by atoms with van der Waals surface area (Å²) in [6.07, 6.45) is 3.30. The number of carbonyl (C=O) groups is 3. The van der Waals surface area contributed by atoms with Gasteiger partial charge in [-0.1, -0.05) is 84.9 Å². The molecule has 0 unspecified atom stereocenters. The van der Waals surface area contributed by atoms with Gasteiger partial charge < -0.3 is 9.64 Å². The molecule has 248 valence electrons. The van der Waals surface area contributed by atoms with Crippen LogP contribution in [-0.4, -0.2) is 30.9 Å². The number of urea groups is 1. The van der Waals surface area contributed by atoms with E-state index in [1.165, 1.54) is 35.0 Å². The molecule has 1 fully saturated rings. The number of ether oxygens (including phenoxy) is 1. The van der Waals surface area contributed by atoms with Gasteiger partial charge in [0, 0.05) is 30.6 Å². The quantitative estimate of drug-likeness (QED) is 0.141. The Labute approximate surface area is 289 Å². The summed E-state index contributed by atoms with van der Waals surface area (Å²) >= 11 is 0. The molecule has 0 spiro atoms. The van der Waals surface area contributed by atoms with Crippen molar-refractivity contribution < 1.29 is 23.5 Å². The van der Waals surface area contributed by atoms with Gasteiger partial charge in [0.05, 0.1) is 5.69 Å². The van der Waals surface area contributed by atoms with Crippen LogP contribution in [0.4, 0.5) is 20.6 Å². The van der Waals surface area contributed by atoms with Crippen molar-refractivity contribution >= 4 is 35.3 Å². The first-order valence-electron chi connectivity index (χ1n) is 16.8. The zero-order chi connectivity index (χ0) is 34.2. The fraction of sp³-hybridized carbons (Fsp3) is 0.167. The van der Waals surface area contributed by atoms with Crippen LogP contribution in [0.1, 0.15) is 58.1 Å². The lowest BCUT2D eigenvalue weighted by Gasteiger charge is -2.44. The number of nitrogens with one attached hydrogen (secondary N) is 1. The van der Waals surface area contributed by atoms with Crippen LogP contribution in [0.3, 0.4) is 0 Å². The molecule has 5 aromatic rings. The van der Waals surface area contributed by atoms with Crippen LogP contribution in [0.2, 0.25) is 0 Å². The SMILES string of the molecule is O=C1NC(=O)N(c2cc3c4c(c2)[C@H](c2ccccc2)CCN4CC[C@H]3c2ccccc2)C(=O)/C1=C/c1ccc(OCc2ccc(F)cc2)cc1. The van der Waals surface area contributed by atoms with Crippen LogP contribution in [0.15, 0.2) is 127 Å². The maximum atomic E-state index is 14.2. The van der Waals surface area contributed by atoms with Crippen molar-refractivity contribution in [3.05, 3.63) is 166 Å². The normalized spacial score (nSPS) is 19.3. The number of amides is 4. The third-order valence-corrected chi connectivity index (χ3v) is 9.87. The molecule has 3 aliphatic rings. The molecule has 4 amide bonds. The average Bonchev–Trinajstić information content (AvgIpc) is 3.14. The molecule has 50 heavy (non-hydrogen) atoms. The van der Waals surface area contributed by atoms with Gasteiger partial charge in [-0.05, 0) is 88.7 Å². The molecule has 1 saturated heterocycles. The number of benzene rings is 5. The first-order valence-corrected chi connectivity index (χ1v) is 16.8. The van der Waals surface area contributed by atoms with E-state index < -0.39 is 17.8 Å². The topological polar surface area (TPSA) is 79.0 Å². The molecule has 1 N–H and O–H groups in total. The lowest BCUT2D eigenvalue weighted by molar-refractivity contribution is -0.122. The van der Waals surface area contributed by atoms with Crippen molar-refractivity contribution in [2.45, 2.75) is 31.3 Å². The Morgan fingerprint density at radius 3 is 1.90 bits per heavy atom. The van der Waals surface area contributed by atoms with E-state index in [1.807, 2.05) is 48.5 Å². The van der Waals surface area contributed by atoms with E-state index in [9.17, 15) is 18.8 Å². The van der Waals surface area contributed by atoms with Gasteiger partial charge in [0.25, 0.3) is 11.8 Å². The highest BCUT2D eigenvalue weighted by molar-refractivity contribution is 6.39. The van der Waals surface area contributed by atoms with E-state index in [-0.39, 0.29) is 29.8 Å². The predicted octanol–water partition coefficient (Wildman–Crippen LogP) is 7.95. The van der Waals surface area contributed by atoms with Gasteiger partial charge in [0.2, 0.25) is 0 Å². The van der Waals surface area contributed by atoms with Crippen LogP contribution in [0, 0.1) is 5.82 Å². The van der Waals surface area contributed by atoms with E-state index in [2.05, 4.69) is 34.5 Å². The molecular weight excluding hydrogens is 629 g/mol. The number of nitrogens with zero attached hydrogens (tertiary/aromatic N) is 2. The van der Waals surface area contributed by atoms with E-state index in [4.69, 9.17) is 4.74 Å². The maximum absolute atomic E-state index is 14.2. The van der Waals surface area contributed by atoms with E-state index in [0.29, 0.717) is 17.0 Å². The molecule has 5 aromatic carbocycles. The van der Waals surface area contributed by atoms with Crippen LogP contribution in [-0.2, 0) is 16.2 Å². The highest BCUT2D eigenvalue weighted by Crippen LogP contribution is 2.50. The third kappa shape index (κ3) is 5.94. The summed E-state index contributed by atoms with van der Waals surface area (Å²) in [6, 6.07) is 36.9. The molecule has 3 heterocycles. The first kappa shape index (κ1) is 31.3. The number of carbonyl (C=O) groups excluding carboxylic acids is 3. The van der Waals surface area contributed by atoms with Crippen LogP contribution >= 0.6 is 0 Å². The molecule has 0 aromatic heterocycles. The van der Waals surface area contributed by atoms with Crippen LogP contribution in [0.5, 0.6) is 5.75 Å². The molecule has 0 aliphatic carbocycles. The summed E-state index contributed by atoms with van der Waals surface area (Å²) < 4.78 is 19.1. The minimum Gasteiger partial charge on any atom is -0.489 e. The Morgan fingerprint density at radius 1 is 0.740 bits per heavy atom. The number of barbiturate groups is 1. The summed E-state index contributed by atoms with van der Waals surface area (Å²) in [5, 5.41) is 2.41. The number of hydrogen-bond donors (Lipinski definition) is 1. The number of rotatable bonds is 7. The van der Waals surface area contributed by atoms with Crippen LogP contribution < -0.4 is 19.9 Å². The number of anilines is 2. The predicted molar refractivity (Wildman–Crippen MR) is 191 cm³/mol. The standard InChI is InChI=1S/C42H34FN3O4/c43-31-15-11-28(12-16-31)26-50-33-17-13-27(14-18-33)23-38-40(47)44-42(49)46(41(38)48)32-24-36-34(29-7-3-1-4-8-29)19-21-45-22-20-35(37(25-32)39(36)45)30-9-5-2-6-10-30/h1-18,23-25,34-35H,19-22,26H2,(H,44,47,49)/b38-23+/t34-,35-/m0/s1. The van der Waals surface area contributed by atoms with Gasteiger partial charge in [-0.25, -0.2) is 14.1 Å². The van der Waals surface area contributed by atoms with E-state index >= 15 is 0 Å². The summed E-state index contributed by atoms with van der Waals surface area (Å²) in [6.45, 7) is 2.09. The fourth-order valence-electron chi connectivity index (χ4n) is 7.43. The van der Waals surface area contributed by atoms with Crippen molar-refractivity contribution in [3.8, 4) is 5.75 Å². The number of halogens is 1. The minimum atomic E-state index is -0.773. The van der Waals surface area contributed by atoms with Crippen molar-refractivity contribution in [1.82, 2.24) is 5.32 Å². The minimum absolute atomic E-state index is 0.0825. The van der Waals surface area contributed by atoms with E-state index in [0.717, 1.165) is 47.5 Å². The largest absolute Gasteiger partial charge is 0.489 e. The molecule has 0 saturated carbocycles. The Morgan fingerprint density at radius 2 is 1.32 bits per heavy atom. The second kappa shape index (κ2) is 13.1.